The molecule has 0 N–H and O–H groups in total. The summed E-state index contributed by atoms with van der Waals surface area (Å²) in [5.74, 6) is 0. The minimum Gasteiger partial charge on any atom is -0.123 e. The van der Waals surface area contributed by atoms with Crippen LogP contribution in [0, 0.1) is 0 Å². The Labute approximate surface area is 153 Å². The molecule has 1 aliphatic heterocycles. The summed E-state index contributed by atoms with van der Waals surface area (Å²) in [6, 6.07) is 22.0. The van der Waals surface area contributed by atoms with Crippen molar-refractivity contribution in [2.24, 2.45) is 0 Å². The molecule has 3 rings (SSSR count). The normalized spacial score (nSPS) is 16.8. The van der Waals surface area contributed by atoms with E-state index in [2.05, 4.69) is 112 Å². The predicted molar refractivity (Wildman–Crippen MR) is 116 cm³/mol. The van der Waals surface area contributed by atoms with Gasteiger partial charge in [0.15, 0.2) is 0 Å². The molecule has 24 heavy (non-hydrogen) atoms. The van der Waals surface area contributed by atoms with Gasteiger partial charge in [0.25, 0.3) is 0 Å². The summed E-state index contributed by atoms with van der Waals surface area (Å²) in [4.78, 5) is 1.67. The Bertz CT molecular complexity index is 694. The Kier molecular flexibility index (Phi) is 4.48. The van der Waals surface area contributed by atoms with Crippen molar-refractivity contribution in [3.63, 3.8) is 0 Å². The average Bonchev–Trinajstić information content (AvgIpc) is 3.26. The molecule has 2 aromatic rings. The zero-order chi connectivity index (χ0) is 17.6. The van der Waals surface area contributed by atoms with E-state index in [0.717, 1.165) is 0 Å². The predicted octanol–water partition coefficient (Wildman–Crippen LogP) is 6.69. The lowest BCUT2D eigenvalue weighted by Gasteiger charge is -2.37. The Morgan fingerprint density at radius 3 is 1.33 bits per heavy atom. The molecule has 0 amide bonds. The molecule has 0 aliphatic carbocycles. The van der Waals surface area contributed by atoms with Gasteiger partial charge in [-0.2, -0.15) is 0 Å². The van der Waals surface area contributed by atoms with Gasteiger partial charge in [-0.1, -0.05) is 99.9 Å². The first-order valence-electron chi connectivity index (χ1n) is 8.73. The molecule has 126 valence electrons. The minimum absolute atomic E-state index is 0.445. The summed E-state index contributed by atoms with van der Waals surface area (Å²) in [5.41, 5.74) is 4.21. The smallest absolute Gasteiger partial charge is 0.0657 e. The number of rotatable bonds is 4. The lowest BCUT2D eigenvalue weighted by atomic mass is 9.98. The molecule has 0 spiro atoms. The van der Waals surface area contributed by atoms with Crippen LogP contribution in [0.2, 0.25) is 39.3 Å². The summed E-state index contributed by atoms with van der Waals surface area (Å²) in [7, 11) is -2.67. The molecular formula is C21H28SSi2. The van der Waals surface area contributed by atoms with Gasteiger partial charge in [0.2, 0.25) is 0 Å². The van der Waals surface area contributed by atoms with Gasteiger partial charge < -0.3 is 0 Å². The van der Waals surface area contributed by atoms with E-state index in [0.29, 0.717) is 3.99 Å². The van der Waals surface area contributed by atoms with E-state index in [1.54, 1.807) is 4.91 Å². The highest BCUT2D eigenvalue weighted by molar-refractivity contribution is 8.17. The largest absolute Gasteiger partial charge is 0.123 e. The molecule has 3 heteroatoms. The van der Waals surface area contributed by atoms with Crippen molar-refractivity contribution in [2.45, 2.75) is 43.3 Å². The van der Waals surface area contributed by atoms with Gasteiger partial charge in [0.1, 0.15) is 0 Å². The van der Waals surface area contributed by atoms with Crippen molar-refractivity contribution < 1.29 is 0 Å². The van der Waals surface area contributed by atoms with Gasteiger partial charge in [-0.3, -0.25) is 0 Å². The first-order chi connectivity index (χ1) is 11.2. The molecule has 0 bridgehead atoms. The van der Waals surface area contributed by atoms with E-state index in [-0.39, 0.29) is 0 Å². The fourth-order valence-corrected chi connectivity index (χ4v) is 20.3. The minimum atomic E-state index is -1.33. The van der Waals surface area contributed by atoms with Gasteiger partial charge in [-0.05, 0) is 16.7 Å². The maximum Gasteiger partial charge on any atom is 0.0657 e. The summed E-state index contributed by atoms with van der Waals surface area (Å²) >= 11 is 2.20. The standard InChI is InChI=1S/C21H28SSi2/c1-23(2,3)21(24(4,5)6)20(22-21)19(17-13-9-7-10-14-17)18-15-11-8-12-16-18/h7-16H,1-6H3. The zero-order valence-corrected chi connectivity index (χ0v) is 18.5. The Balaban J connectivity index is 2.26. The van der Waals surface area contributed by atoms with Gasteiger partial charge >= 0.3 is 0 Å². The average molecular weight is 369 g/mol. The van der Waals surface area contributed by atoms with Crippen molar-refractivity contribution in [1.82, 2.24) is 0 Å². The summed E-state index contributed by atoms with van der Waals surface area (Å²) in [6.45, 7) is 15.3. The van der Waals surface area contributed by atoms with Crippen LogP contribution < -0.4 is 0 Å². The topological polar surface area (TPSA) is 0 Å². The molecule has 1 saturated heterocycles. The van der Waals surface area contributed by atoms with E-state index in [4.69, 9.17) is 0 Å². The number of hydrogen-bond donors (Lipinski definition) is 0. The zero-order valence-electron chi connectivity index (χ0n) is 15.7. The third-order valence-corrected chi connectivity index (χ3v) is 19.9. The van der Waals surface area contributed by atoms with E-state index < -0.39 is 16.1 Å². The van der Waals surface area contributed by atoms with Crippen LogP contribution in [0.3, 0.4) is 0 Å². The molecule has 1 aliphatic rings. The molecule has 0 radical (unpaired) electrons. The fraction of sp³-hybridized carbons (Fsp3) is 0.333. The molecule has 0 atom stereocenters. The third-order valence-electron chi connectivity index (χ3n) is 5.00. The molecule has 0 saturated carbocycles. The fourth-order valence-electron chi connectivity index (χ4n) is 4.11. The summed E-state index contributed by atoms with van der Waals surface area (Å²) in [6.07, 6.45) is 0. The maximum atomic E-state index is 2.55. The van der Waals surface area contributed by atoms with E-state index in [1.807, 2.05) is 0 Å². The van der Waals surface area contributed by atoms with Gasteiger partial charge in [-0.25, -0.2) is 0 Å². The van der Waals surface area contributed by atoms with Crippen LogP contribution in [0.25, 0.3) is 5.57 Å². The SMILES string of the molecule is C[Si](C)(C)C1([Si](C)(C)C)SC1=C(c1ccccc1)c1ccccc1. The number of benzene rings is 2. The first-order valence-corrected chi connectivity index (χ1v) is 16.5. The van der Waals surface area contributed by atoms with Crippen molar-refractivity contribution in [2.75, 3.05) is 0 Å². The van der Waals surface area contributed by atoms with E-state index >= 15 is 0 Å². The van der Waals surface area contributed by atoms with Gasteiger partial charge in [0, 0.05) is 8.90 Å². The van der Waals surface area contributed by atoms with Crippen LogP contribution in [0.4, 0.5) is 0 Å². The Morgan fingerprint density at radius 1 is 0.667 bits per heavy atom. The van der Waals surface area contributed by atoms with E-state index in [1.165, 1.54) is 16.7 Å². The van der Waals surface area contributed by atoms with Gasteiger partial charge in [0.05, 0.1) is 16.1 Å². The van der Waals surface area contributed by atoms with Crippen LogP contribution >= 0.6 is 11.8 Å². The summed E-state index contributed by atoms with van der Waals surface area (Å²) in [5, 5.41) is 0. The maximum absolute atomic E-state index is 2.55. The van der Waals surface area contributed by atoms with Crippen LogP contribution in [-0.2, 0) is 0 Å². The molecule has 1 heterocycles. The second-order valence-corrected chi connectivity index (χ2v) is 21.7. The molecule has 0 aromatic heterocycles. The van der Waals surface area contributed by atoms with Crippen LogP contribution in [0.5, 0.6) is 0 Å². The Morgan fingerprint density at radius 2 is 1.04 bits per heavy atom. The van der Waals surface area contributed by atoms with Crippen LogP contribution in [-0.4, -0.2) is 20.1 Å². The summed E-state index contributed by atoms with van der Waals surface area (Å²) < 4.78 is 0.445. The lowest BCUT2D eigenvalue weighted by Crippen LogP contribution is -2.56. The van der Waals surface area contributed by atoms with E-state index in [9.17, 15) is 0 Å². The Hall–Kier alpha value is -1.04. The third kappa shape index (κ3) is 2.87. The van der Waals surface area contributed by atoms with Crippen molar-refractivity contribution >= 4 is 33.5 Å². The molecule has 0 unspecified atom stereocenters. The molecule has 2 aromatic carbocycles. The monoisotopic (exact) mass is 368 g/mol. The number of thioether (sulfide) groups is 1. The molecule has 0 nitrogen and oxygen atoms in total. The van der Waals surface area contributed by atoms with Crippen molar-refractivity contribution in [3.8, 4) is 0 Å². The molecule has 1 fully saturated rings. The van der Waals surface area contributed by atoms with Gasteiger partial charge in [-0.15, -0.1) is 11.8 Å². The molecular weight excluding hydrogens is 340 g/mol. The van der Waals surface area contributed by atoms with Crippen molar-refractivity contribution in [1.29, 1.82) is 0 Å². The number of hydrogen-bond acceptors (Lipinski definition) is 1. The van der Waals surface area contributed by atoms with Crippen LogP contribution in [0.1, 0.15) is 11.1 Å². The van der Waals surface area contributed by atoms with Crippen LogP contribution in [0.15, 0.2) is 65.6 Å². The first kappa shape index (κ1) is 17.8. The highest BCUT2D eigenvalue weighted by atomic mass is 32.2. The second kappa shape index (κ2) is 6.04. The highest BCUT2D eigenvalue weighted by Gasteiger charge is 2.67. The highest BCUT2D eigenvalue weighted by Crippen LogP contribution is 2.69. The second-order valence-electron chi connectivity index (χ2n) is 8.72. The lowest BCUT2D eigenvalue weighted by molar-refractivity contribution is 1.30. The quantitative estimate of drug-likeness (QED) is 0.428. The van der Waals surface area contributed by atoms with Crippen molar-refractivity contribution in [3.05, 3.63) is 76.7 Å².